The van der Waals surface area contributed by atoms with Gasteiger partial charge in [-0.1, -0.05) is 49.3 Å². The van der Waals surface area contributed by atoms with E-state index in [1.165, 1.54) is 31.0 Å². The predicted molar refractivity (Wildman–Crippen MR) is 114 cm³/mol. The number of esters is 1. The lowest BCUT2D eigenvalue weighted by atomic mass is 9.84. The van der Waals surface area contributed by atoms with Crippen LogP contribution in [0.2, 0.25) is 0 Å². The maximum absolute atomic E-state index is 14.6. The van der Waals surface area contributed by atoms with E-state index in [4.69, 9.17) is 9.47 Å². The molecule has 2 aliphatic rings. The summed E-state index contributed by atoms with van der Waals surface area (Å²) in [6.07, 6.45) is 9.46. The van der Waals surface area contributed by atoms with Gasteiger partial charge >= 0.3 is 5.97 Å². The second-order valence-electron chi connectivity index (χ2n) is 8.26. The Labute approximate surface area is 177 Å². The first-order chi connectivity index (χ1) is 14.6. The minimum Gasteiger partial charge on any atom is -0.471 e. The fourth-order valence-electron chi connectivity index (χ4n) is 4.25. The molecule has 0 atom stereocenters. The first-order valence-corrected chi connectivity index (χ1v) is 10.9. The SMILES string of the molecule is O=C(Oc1ccccc1)c1ccc(F)c(OC2(C#CC3CCCC3)CCCCC2)c1. The van der Waals surface area contributed by atoms with Crippen LogP contribution < -0.4 is 9.47 Å². The molecule has 4 rings (SSSR count). The van der Waals surface area contributed by atoms with Crippen molar-refractivity contribution in [1.29, 1.82) is 0 Å². The van der Waals surface area contributed by atoms with Crippen LogP contribution in [-0.2, 0) is 0 Å². The van der Waals surface area contributed by atoms with Gasteiger partial charge in [0.1, 0.15) is 5.75 Å². The number of hydrogen-bond donors (Lipinski definition) is 0. The zero-order valence-corrected chi connectivity index (χ0v) is 17.2. The highest BCUT2D eigenvalue weighted by Gasteiger charge is 2.34. The number of ether oxygens (including phenoxy) is 2. The number of hydrogen-bond acceptors (Lipinski definition) is 3. The Kier molecular flexibility index (Phi) is 6.38. The lowest BCUT2D eigenvalue weighted by Crippen LogP contribution is -2.37. The highest BCUT2D eigenvalue weighted by Crippen LogP contribution is 2.35. The summed E-state index contributed by atoms with van der Waals surface area (Å²) in [5.41, 5.74) is -0.422. The van der Waals surface area contributed by atoms with Crippen molar-refractivity contribution >= 4 is 5.97 Å². The van der Waals surface area contributed by atoms with Crippen molar-refractivity contribution in [2.24, 2.45) is 5.92 Å². The second kappa shape index (κ2) is 9.34. The Bertz CT molecular complexity index is 930. The number of rotatable bonds is 4. The van der Waals surface area contributed by atoms with Gasteiger partial charge in [-0.15, -0.1) is 0 Å². The fraction of sp³-hybridized carbons (Fsp3) is 0.423. The van der Waals surface area contributed by atoms with Crippen LogP contribution in [0.5, 0.6) is 11.5 Å². The summed E-state index contributed by atoms with van der Waals surface area (Å²) >= 11 is 0. The van der Waals surface area contributed by atoms with Crippen molar-refractivity contribution in [3.63, 3.8) is 0 Å². The summed E-state index contributed by atoms with van der Waals surface area (Å²) in [5.74, 6) is 6.71. The summed E-state index contributed by atoms with van der Waals surface area (Å²) in [6.45, 7) is 0. The molecule has 0 saturated heterocycles. The third-order valence-electron chi connectivity index (χ3n) is 5.95. The summed E-state index contributed by atoms with van der Waals surface area (Å²) in [7, 11) is 0. The first kappa shape index (κ1) is 20.5. The Morgan fingerprint density at radius 2 is 1.70 bits per heavy atom. The molecule has 156 valence electrons. The van der Waals surface area contributed by atoms with Gasteiger partial charge in [0.2, 0.25) is 0 Å². The van der Waals surface area contributed by atoms with E-state index in [9.17, 15) is 9.18 Å². The van der Waals surface area contributed by atoms with Crippen LogP contribution in [0, 0.1) is 23.6 Å². The Morgan fingerprint density at radius 3 is 2.43 bits per heavy atom. The highest BCUT2D eigenvalue weighted by molar-refractivity contribution is 5.91. The highest BCUT2D eigenvalue weighted by atomic mass is 19.1. The number of halogens is 1. The quantitative estimate of drug-likeness (QED) is 0.339. The molecule has 2 saturated carbocycles. The van der Waals surface area contributed by atoms with Crippen molar-refractivity contribution in [1.82, 2.24) is 0 Å². The average Bonchev–Trinajstić information content (AvgIpc) is 3.29. The van der Waals surface area contributed by atoms with Crippen molar-refractivity contribution in [2.45, 2.75) is 63.4 Å². The smallest absolute Gasteiger partial charge is 0.343 e. The average molecular weight is 406 g/mol. The van der Waals surface area contributed by atoms with Crippen LogP contribution >= 0.6 is 0 Å². The van der Waals surface area contributed by atoms with Gasteiger partial charge in [0, 0.05) is 5.92 Å². The van der Waals surface area contributed by atoms with Crippen LogP contribution in [0.1, 0.15) is 68.1 Å². The third kappa shape index (κ3) is 5.02. The maximum atomic E-state index is 14.6. The molecular weight excluding hydrogens is 379 g/mol. The number of carbonyl (C=O) groups excluding carboxylic acids is 1. The second-order valence-corrected chi connectivity index (χ2v) is 8.26. The van der Waals surface area contributed by atoms with E-state index >= 15 is 0 Å². The van der Waals surface area contributed by atoms with Gasteiger partial charge in [0.05, 0.1) is 5.56 Å². The van der Waals surface area contributed by atoms with Crippen LogP contribution in [0.4, 0.5) is 4.39 Å². The molecule has 3 nitrogen and oxygen atoms in total. The molecule has 0 aromatic heterocycles. The van der Waals surface area contributed by atoms with E-state index in [-0.39, 0.29) is 11.3 Å². The zero-order valence-electron chi connectivity index (χ0n) is 17.2. The van der Waals surface area contributed by atoms with E-state index < -0.39 is 17.4 Å². The summed E-state index contributed by atoms with van der Waals surface area (Å²) in [4.78, 5) is 12.5. The van der Waals surface area contributed by atoms with Gasteiger partial charge in [-0.25, -0.2) is 9.18 Å². The first-order valence-electron chi connectivity index (χ1n) is 10.9. The standard InChI is InChI=1S/C26H27FO3/c27-23-14-13-21(25(28)29-22-11-3-1-4-12-22)19-24(23)30-26(16-7-2-8-17-26)18-15-20-9-5-6-10-20/h1,3-4,11-14,19-20H,2,5-10,16-17H2. The van der Waals surface area contributed by atoms with Gasteiger partial charge in [-0.2, -0.15) is 0 Å². The molecule has 2 aromatic rings. The zero-order chi connectivity index (χ0) is 20.8. The number of benzene rings is 2. The van der Waals surface area contributed by atoms with Crippen molar-refractivity contribution in [2.75, 3.05) is 0 Å². The lowest BCUT2D eigenvalue weighted by Gasteiger charge is -2.33. The van der Waals surface area contributed by atoms with E-state index in [0.29, 0.717) is 11.7 Å². The van der Waals surface area contributed by atoms with Gasteiger partial charge in [0.15, 0.2) is 17.2 Å². The molecule has 0 unspecified atom stereocenters. The largest absolute Gasteiger partial charge is 0.471 e. The van der Waals surface area contributed by atoms with Crippen LogP contribution in [0.15, 0.2) is 48.5 Å². The molecule has 0 spiro atoms. The lowest BCUT2D eigenvalue weighted by molar-refractivity contribution is 0.0723. The van der Waals surface area contributed by atoms with Gasteiger partial charge in [0.25, 0.3) is 0 Å². The molecule has 0 N–H and O–H groups in total. The minimum atomic E-state index is -0.677. The van der Waals surface area contributed by atoms with Crippen molar-refractivity contribution in [3.05, 3.63) is 59.9 Å². The topological polar surface area (TPSA) is 35.5 Å². The monoisotopic (exact) mass is 406 g/mol. The summed E-state index contributed by atoms with van der Waals surface area (Å²) < 4.78 is 26.2. The molecule has 2 aromatic carbocycles. The molecule has 0 radical (unpaired) electrons. The van der Waals surface area contributed by atoms with E-state index in [2.05, 4.69) is 11.8 Å². The molecule has 2 aliphatic carbocycles. The molecule has 2 fully saturated rings. The predicted octanol–water partition coefficient (Wildman–Crippen LogP) is 6.32. The molecule has 30 heavy (non-hydrogen) atoms. The normalized spacial score (nSPS) is 18.3. The molecule has 0 heterocycles. The number of carbonyl (C=O) groups is 1. The number of para-hydroxylation sites is 1. The third-order valence-corrected chi connectivity index (χ3v) is 5.95. The molecule has 0 aliphatic heterocycles. The fourth-order valence-corrected chi connectivity index (χ4v) is 4.25. The van der Waals surface area contributed by atoms with Gasteiger partial charge in [-0.3, -0.25) is 0 Å². The molecule has 4 heteroatoms. The Morgan fingerprint density at radius 1 is 0.967 bits per heavy atom. The van der Waals surface area contributed by atoms with Crippen LogP contribution in [0.3, 0.4) is 0 Å². The maximum Gasteiger partial charge on any atom is 0.343 e. The van der Waals surface area contributed by atoms with Crippen LogP contribution in [0.25, 0.3) is 0 Å². The molecular formula is C26H27FO3. The van der Waals surface area contributed by atoms with Gasteiger partial charge in [-0.05, 0) is 68.9 Å². The van der Waals surface area contributed by atoms with Gasteiger partial charge < -0.3 is 9.47 Å². The Balaban J connectivity index is 1.55. The summed E-state index contributed by atoms with van der Waals surface area (Å²) in [6, 6.07) is 13.0. The van der Waals surface area contributed by atoms with Crippen molar-refractivity contribution in [3.8, 4) is 23.3 Å². The molecule has 0 amide bonds. The van der Waals surface area contributed by atoms with E-state index in [1.807, 2.05) is 6.07 Å². The van der Waals surface area contributed by atoms with E-state index in [1.54, 1.807) is 24.3 Å². The van der Waals surface area contributed by atoms with E-state index in [0.717, 1.165) is 44.9 Å². The van der Waals surface area contributed by atoms with Crippen molar-refractivity contribution < 1.29 is 18.7 Å². The Hall–Kier alpha value is -2.80. The minimum absolute atomic E-state index is 0.0696. The van der Waals surface area contributed by atoms with Crippen LogP contribution in [-0.4, -0.2) is 11.6 Å². The summed E-state index contributed by atoms with van der Waals surface area (Å²) in [5, 5.41) is 0. The molecule has 0 bridgehead atoms.